The third-order valence-electron chi connectivity index (χ3n) is 4.19. The highest BCUT2D eigenvalue weighted by molar-refractivity contribution is 5.94. The lowest BCUT2D eigenvalue weighted by Gasteiger charge is -2.11. The molecule has 29 heavy (non-hydrogen) atoms. The summed E-state index contributed by atoms with van der Waals surface area (Å²) < 4.78 is 12.6. The van der Waals surface area contributed by atoms with Gasteiger partial charge in [0.05, 0.1) is 7.11 Å². The summed E-state index contributed by atoms with van der Waals surface area (Å²) in [6.45, 7) is 0.495. The Bertz CT molecular complexity index is 937. The number of carbonyl (C=O) groups excluding carboxylic acids is 2. The van der Waals surface area contributed by atoms with Crippen molar-refractivity contribution in [2.24, 2.45) is 0 Å². The number of carbonyl (C=O) groups is 2. The van der Waals surface area contributed by atoms with Crippen molar-refractivity contribution >= 4 is 11.8 Å². The van der Waals surface area contributed by atoms with Crippen LogP contribution in [0.1, 0.15) is 10.4 Å². The van der Waals surface area contributed by atoms with Crippen molar-refractivity contribution in [2.75, 3.05) is 26.8 Å². The van der Waals surface area contributed by atoms with Gasteiger partial charge in [-0.2, -0.15) is 0 Å². The van der Waals surface area contributed by atoms with Crippen LogP contribution in [0.15, 0.2) is 73.1 Å². The van der Waals surface area contributed by atoms with E-state index in [4.69, 9.17) is 9.47 Å². The molecule has 0 radical (unpaired) electrons. The third kappa shape index (κ3) is 5.62. The molecule has 0 unspecified atom stereocenters. The lowest BCUT2D eigenvalue weighted by Crippen LogP contribution is -2.36. The van der Waals surface area contributed by atoms with Crippen LogP contribution in [0.5, 0.6) is 11.5 Å². The van der Waals surface area contributed by atoms with Gasteiger partial charge < -0.3 is 24.7 Å². The average Bonchev–Trinajstić information content (AvgIpc) is 3.30. The first-order chi connectivity index (χ1) is 14.2. The Labute approximate surface area is 169 Å². The fourth-order valence-electron chi connectivity index (χ4n) is 2.70. The first-order valence-electron chi connectivity index (χ1n) is 9.21. The topological polar surface area (TPSA) is 81.6 Å². The predicted molar refractivity (Wildman–Crippen MR) is 110 cm³/mol. The Kier molecular flexibility index (Phi) is 6.89. The molecule has 0 spiro atoms. The van der Waals surface area contributed by atoms with Crippen LogP contribution < -0.4 is 20.1 Å². The Morgan fingerprint density at radius 2 is 1.52 bits per heavy atom. The van der Waals surface area contributed by atoms with Crippen LogP contribution in [0.25, 0.3) is 5.69 Å². The molecule has 150 valence electrons. The number of hydrogen-bond acceptors (Lipinski definition) is 4. The molecule has 3 aromatic rings. The number of para-hydroxylation sites is 2. The van der Waals surface area contributed by atoms with E-state index in [1.165, 1.54) is 0 Å². The van der Waals surface area contributed by atoms with Crippen molar-refractivity contribution in [2.45, 2.75) is 0 Å². The van der Waals surface area contributed by atoms with Crippen LogP contribution in [0, 0.1) is 0 Å². The molecule has 0 saturated carbocycles. The second-order valence-electron chi connectivity index (χ2n) is 6.18. The Hall–Kier alpha value is -3.74. The predicted octanol–water partition coefficient (Wildman–Crippen LogP) is 2.41. The van der Waals surface area contributed by atoms with Crippen LogP contribution in [0.3, 0.4) is 0 Å². The van der Waals surface area contributed by atoms with Gasteiger partial charge in [-0.05, 0) is 48.5 Å². The van der Waals surface area contributed by atoms with Crippen LogP contribution >= 0.6 is 0 Å². The summed E-state index contributed by atoms with van der Waals surface area (Å²) in [5.74, 6) is 0.599. The molecule has 0 fully saturated rings. The highest BCUT2D eigenvalue weighted by Gasteiger charge is 2.08. The van der Waals surface area contributed by atoms with Gasteiger partial charge in [-0.1, -0.05) is 12.1 Å². The van der Waals surface area contributed by atoms with E-state index in [0.717, 1.165) is 5.69 Å². The molecule has 2 amide bonds. The minimum absolute atomic E-state index is 0.130. The van der Waals surface area contributed by atoms with Gasteiger partial charge in [0.25, 0.3) is 11.8 Å². The Balaban J connectivity index is 1.37. The SMILES string of the molecule is COc1ccccc1OCC(=O)NCCNC(=O)c1ccc(-n2cccc2)cc1. The van der Waals surface area contributed by atoms with Gasteiger partial charge in [-0.3, -0.25) is 9.59 Å². The van der Waals surface area contributed by atoms with Gasteiger partial charge in [0.1, 0.15) is 0 Å². The number of nitrogens with zero attached hydrogens (tertiary/aromatic N) is 1. The van der Waals surface area contributed by atoms with E-state index in [-0.39, 0.29) is 18.4 Å². The number of aromatic nitrogens is 1. The molecule has 0 saturated heterocycles. The van der Waals surface area contributed by atoms with E-state index < -0.39 is 0 Å². The van der Waals surface area contributed by atoms with Crippen molar-refractivity contribution in [3.63, 3.8) is 0 Å². The molecule has 0 aliphatic carbocycles. The summed E-state index contributed by atoms with van der Waals surface area (Å²) in [5, 5.41) is 5.48. The van der Waals surface area contributed by atoms with Crippen molar-refractivity contribution in [3.05, 3.63) is 78.6 Å². The molecule has 0 bridgehead atoms. The summed E-state index contributed by atoms with van der Waals surface area (Å²) in [6.07, 6.45) is 3.88. The maximum Gasteiger partial charge on any atom is 0.258 e. The maximum atomic E-state index is 12.2. The standard InChI is InChI=1S/C22H23N3O4/c1-28-19-6-2-3-7-20(19)29-16-21(26)23-12-13-24-22(27)17-8-10-18(11-9-17)25-14-4-5-15-25/h2-11,14-15H,12-13,16H2,1H3,(H,23,26)(H,24,27). The molecule has 1 heterocycles. The first kappa shape index (κ1) is 20.0. The smallest absolute Gasteiger partial charge is 0.258 e. The summed E-state index contributed by atoms with van der Waals surface area (Å²) in [7, 11) is 1.54. The Morgan fingerprint density at radius 1 is 0.862 bits per heavy atom. The molecule has 0 atom stereocenters. The summed E-state index contributed by atoms with van der Waals surface area (Å²) in [6, 6.07) is 18.3. The molecular weight excluding hydrogens is 370 g/mol. The van der Waals surface area contributed by atoms with E-state index in [0.29, 0.717) is 30.2 Å². The summed E-state index contributed by atoms with van der Waals surface area (Å²) in [4.78, 5) is 24.1. The fraction of sp³-hybridized carbons (Fsp3) is 0.182. The molecule has 0 aliphatic heterocycles. The van der Waals surface area contributed by atoms with Crippen molar-refractivity contribution in [3.8, 4) is 17.2 Å². The fourth-order valence-corrected chi connectivity index (χ4v) is 2.70. The van der Waals surface area contributed by atoms with E-state index in [1.54, 1.807) is 37.4 Å². The van der Waals surface area contributed by atoms with E-state index >= 15 is 0 Å². The molecule has 2 N–H and O–H groups in total. The lowest BCUT2D eigenvalue weighted by atomic mass is 10.2. The number of nitrogens with one attached hydrogen (secondary N) is 2. The first-order valence-corrected chi connectivity index (χ1v) is 9.21. The molecule has 1 aromatic heterocycles. The van der Waals surface area contributed by atoms with Crippen LogP contribution in [0.2, 0.25) is 0 Å². The van der Waals surface area contributed by atoms with E-state index in [2.05, 4.69) is 10.6 Å². The number of hydrogen-bond donors (Lipinski definition) is 2. The zero-order valence-electron chi connectivity index (χ0n) is 16.1. The Morgan fingerprint density at radius 3 is 2.21 bits per heavy atom. The van der Waals surface area contributed by atoms with Gasteiger partial charge in [-0.25, -0.2) is 0 Å². The molecule has 2 aromatic carbocycles. The largest absolute Gasteiger partial charge is 0.493 e. The average molecular weight is 393 g/mol. The maximum absolute atomic E-state index is 12.2. The van der Waals surface area contributed by atoms with Gasteiger partial charge >= 0.3 is 0 Å². The highest BCUT2D eigenvalue weighted by atomic mass is 16.5. The number of benzene rings is 2. The highest BCUT2D eigenvalue weighted by Crippen LogP contribution is 2.25. The lowest BCUT2D eigenvalue weighted by molar-refractivity contribution is -0.123. The second-order valence-corrected chi connectivity index (χ2v) is 6.18. The normalized spacial score (nSPS) is 10.2. The zero-order valence-corrected chi connectivity index (χ0v) is 16.1. The van der Waals surface area contributed by atoms with Crippen LogP contribution in [0.4, 0.5) is 0 Å². The number of amides is 2. The number of methoxy groups -OCH3 is 1. The second kappa shape index (κ2) is 9.98. The van der Waals surface area contributed by atoms with E-state index in [9.17, 15) is 9.59 Å². The molecule has 3 rings (SSSR count). The number of ether oxygens (including phenoxy) is 2. The van der Waals surface area contributed by atoms with Gasteiger partial charge in [0.15, 0.2) is 18.1 Å². The van der Waals surface area contributed by atoms with Crippen molar-refractivity contribution < 1.29 is 19.1 Å². The van der Waals surface area contributed by atoms with Gasteiger partial charge in [0.2, 0.25) is 0 Å². The molecule has 7 nitrogen and oxygen atoms in total. The molecular formula is C22H23N3O4. The van der Waals surface area contributed by atoms with Gasteiger partial charge in [-0.15, -0.1) is 0 Å². The van der Waals surface area contributed by atoms with Crippen LogP contribution in [-0.2, 0) is 4.79 Å². The number of rotatable bonds is 9. The van der Waals surface area contributed by atoms with Crippen molar-refractivity contribution in [1.29, 1.82) is 0 Å². The zero-order chi connectivity index (χ0) is 20.5. The van der Waals surface area contributed by atoms with E-state index in [1.807, 2.05) is 47.3 Å². The summed E-state index contributed by atoms with van der Waals surface area (Å²) in [5.41, 5.74) is 1.54. The quantitative estimate of drug-likeness (QED) is 0.547. The minimum atomic E-state index is -0.277. The monoisotopic (exact) mass is 393 g/mol. The summed E-state index contributed by atoms with van der Waals surface area (Å²) >= 11 is 0. The minimum Gasteiger partial charge on any atom is -0.493 e. The van der Waals surface area contributed by atoms with Crippen LogP contribution in [-0.4, -0.2) is 43.2 Å². The molecule has 0 aliphatic rings. The molecule has 7 heteroatoms. The third-order valence-corrected chi connectivity index (χ3v) is 4.19. The van der Waals surface area contributed by atoms with Crippen molar-refractivity contribution in [1.82, 2.24) is 15.2 Å². The van der Waals surface area contributed by atoms with Gasteiger partial charge in [0, 0.05) is 36.7 Å².